The second-order valence-electron chi connectivity index (χ2n) is 4.23. The van der Waals surface area contributed by atoms with Crippen molar-refractivity contribution in [1.82, 2.24) is 5.32 Å². The van der Waals surface area contributed by atoms with Gasteiger partial charge in [-0.05, 0) is 31.2 Å². The molecule has 0 radical (unpaired) electrons. The number of hydrogen-bond acceptors (Lipinski definition) is 5. The van der Waals surface area contributed by atoms with Gasteiger partial charge in [0.2, 0.25) is 0 Å². The van der Waals surface area contributed by atoms with Gasteiger partial charge in [0, 0.05) is 21.4 Å². The molecule has 0 aliphatic heterocycles. The van der Waals surface area contributed by atoms with E-state index in [1.54, 1.807) is 11.3 Å². The number of nitrogens with two attached hydrogens (primary N) is 1. The summed E-state index contributed by atoms with van der Waals surface area (Å²) < 4.78 is 0. The normalized spacial score (nSPS) is 10.2. The number of benzene rings is 1. The number of nitro benzene ring substituents is 1. The minimum absolute atomic E-state index is 0.0421. The number of amides is 1. The topological polar surface area (TPSA) is 98.3 Å². The number of nitro groups is 1. The SMILES string of the molecule is Cc1ccc(CNC(=O)c2ccc(N)c([N+](=O)[O-])c2)s1. The summed E-state index contributed by atoms with van der Waals surface area (Å²) in [5.41, 5.74) is 5.49. The van der Waals surface area contributed by atoms with Crippen LogP contribution in [0, 0.1) is 17.0 Å². The summed E-state index contributed by atoms with van der Waals surface area (Å²) in [7, 11) is 0. The van der Waals surface area contributed by atoms with Crippen LogP contribution in [-0.4, -0.2) is 10.8 Å². The van der Waals surface area contributed by atoms with Crippen LogP contribution in [0.3, 0.4) is 0 Å². The van der Waals surface area contributed by atoms with Crippen LogP contribution < -0.4 is 11.1 Å². The third-order valence-corrected chi connectivity index (χ3v) is 3.71. The molecule has 1 aromatic heterocycles. The smallest absolute Gasteiger partial charge is 0.292 e. The quantitative estimate of drug-likeness (QED) is 0.513. The first kappa shape index (κ1) is 14.0. The Hall–Kier alpha value is -2.41. The number of nitrogen functional groups attached to an aromatic ring is 1. The Morgan fingerprint density at radius 2 is 2.15 bits per heavy atom. The highest BCUT2D eigenvalue weighted by molar-refractivity contribution is 7.11. The zero-order chi connectivity index (χ0) is 14.7. The van der Waals surface area contributed by atoms with Crippen LogP contribution in [0.2, 0.25) is 0 Å². The number of aryl methyl sites for hydroxylation is 1. The average molecular weight is 291 g/mol. The molecule has 2 rings (SSSR count). The molecule has 0 aliphatic carbocycles. The Bertz CT molecular complexity index is 667. The van der Waals surface area contributed by atoms with E-state index in [4.69, 9.17) is 5.73 Å². The van der Waals surface area contributed by atoms with Gasteiger partial charge < -0.3 is 11.1 Å². The molecule has 3 N–H and O–H groups in total. The van der Waals surface area contributed by atoms with E-state index in [0.29, 0.717) is 6.54 Å². The Morgan fingerprint density at radius 1 is 1.40 bits per heavy atom. The third-order valence-electron chi connectivity index (χ3n) is 2.71. The molecule has 7 heteroatoms. The zero-order valence-electron chi connectivity index (χ0n) is 10.8. The Labute approximate surface area is 119 Å². The standard InChI is InChI=1S/C13H13N3O3S/c1-8-2-4-10(20-8)7-15-13(17)9-3-5-11(14)12(6-9)16(18)19/h2-6H,7,14H2,1H3,(H,15,17). The van der Waals surface area contributed by atoms with Crippen LogP contribution in [0.5, 0.6) is 0 Å². The van der Waals surface area contributed by atoms with Gasteiger partial charge in [0.25, 0.3) is 11.6 Å². The van der Waals surface area contributed by atoms with Crippen molar-refractivity contribution in [1.29, 1.82) is 0 Å². The number of nitrogens with zero attached hydrogens (tertiary/aromatic N) is 1. The molecule has 0 saturated carbocycles. The van der Waals surface area contributed by atoms with Crippen LogP contribution in [0.15, 0.2) is 30.3 Å². The summed E-state index contributed by atoms with van der Waals surface area (Å²) >= 11 is 1.59. The molecular formula is C13H13N3O3S. The fourth-order valence-corrected chi connectivity index (χ4v) is 2.52. The zero-order valence-corrected chi connectivity index (χ0v) is 11.6. The summed E-state index contributed by atoms with van der Waals surface area (Å²) in [5, 5.41) is 13.5. The molecule has 0 saturated heterocycles. The van der Waals surface area contributed by atoms with Crippen LogP contribution in [0.1, 0.15) is 20.1 Å². The van der Waals surface area contributed by atoms with E-state index in [1.165, 1.54) is 18.2 Å². The van der Waals surface area contributed by atoms with Crippen LogP contribution in [0.25, 0.3) is 0 Å². The molecule has 0 aliphatic rings. The number of carbonyl (C=O) groups excluding carboxylic acids is 1. The molecule has 20 heavy (non-hydrogen) atoms. The lowest BCUT2D eigenvalue weighted by molar-refractivity contribution is -0.383. The summed E-state index contributed by atoms with van der Waals surface area (Å²) in [6, 6.07) is 7.93. The lowest BCUT2D eigenvalue weighted by atomic mass is 10.1. The minimum Gasteiger partial charge on any atom is -0.393 e. The third kappa shape index (κ3) is 3.12. The van der Waals surface area contributed by atoms with Gasteiger partial charge >= 0.3 is 0 Å². The number of hydrogen-bond donors (Lipinski definition) is 2. The van der Waals surface area contributed by atoms with E-state index in [9.17, 15) is 14.9 Å². The van der Waals surface area contributed by atoms with E-state index in [2.05, 4.69) is 5.32 Å². The summed E-state index contributed by atoms with van der Waals surface area (Å²) in [6.45, 7) is 2.38. The number of thiophene rings is 1. The fraction of sp³-hybridized carbons (Fsp3) is 0.154. The Kier molecular flexibility index (Phi) is 3.99. The highest BCUT2D eigenvalue weighted by Crippen LogP contribution is 2.22. The maximum absolute atomic E-state index is 11.9. The molecule has 6 nitrogen and oxygen atoms in total. The summed E-state index contributed by atoms with van der Waals surface area (Å²) in [6.07, 6.45) is 0. The van der Waals surface area contributed by atoms with Gasteiger partial charge in [-0.25, -0.2) is 0 Å². The molecule has 1 heterocycles. The molecule has 2 aromatic rings. The predicted molar refractivity (Wildman–Crippen MR) is 77.7 cm³/mol. The van der Waals surface area contributed by atoms with Crippen molar-refractivity contribution in [3.8, 4) is 0 Å². The van der Waals surface area contributed by atoms with E-state index in [0.717, 1.165) is 9.75 Å². The van der Waals surface area contributed by atoms with Crippen LogP contribution >= 0.6 is 11.3 Å². The molecule has 0 spiro atoms. The minimum atomic E-state index is -0.602. The van der Waals surface area contributed by atoms with Crippen molar-refractivity contribution in [3.63, 3.8) is 0 Å². The lowest BCUT2D eigenvalue weighted by Gasteiger charge is -2.04. The van der Waals surface area contributed by atoms with Crippen LogP contribution in [0.4, 0.5) is 11.4 Å². The highest BCUT2D eigenvalue weighted by Gasteiger charge is 2.15. The van der Waals surface area contributed by atoms with Gasteiger partial charge in [0.05, 0.1) is 11.5 Å². The molecule has 1 amide bonds. The van der Waals surface area contributed by atoms with Crippen molar-refractivity contribution in [2.45, 2.75) is 13.5 Å². The van der Waals surface area contributed by atoms with Crippen molar-refractivity contribution in [2.75, 3.05) is 5.73 Å². The summed E-state index contributed by atoms with van der Waals surface area (Å²) in [5.74, 6) is -0.362. The van der Waals surface area contributed by atoms with E-state index < -0.39 is 4.92 Å². The highest BCUT2D eigenvalue weighted by atomic mass is 32.1. The van der Waals surface area contributed by atoms with Gasteiger partial charge in [-0.1, -0.05) is 0 Å². The van der Waals surface area contributed by atoms with Gasteiger partial charge in [-0.3, -0.25) is 14.9 Å². The number of rotatable bonds is 4. The van der Waals surface area contributed by atoms with E-state index in [1.807, 2.05) is 19.1 Å². The van der Waals surface area contributed by atoms with Gasteiger partial charge in [0.1, 0.15) is 5.69 Å². The number of nitrogens with one attached hydrogen (secondary N) is 1. The predicted octanol–water partition coefficient (Wildman–Crippen LogP) is 2.48. The van der Waals surface area contributed by atoms with Crippen molar-refractivity contribution < 1.29 is 9.72 Å². The van der Waals surface area contributed by atoms with E-state index >= 15 is 0 Å². The van der Waals surface area contributed by atoms with Crippen molar-refractivity contribution >= 4 is 28.6 Å². The molecule has 0 unspecified atom stereocenters. The lowest BCUT2D eigenvalue weighted by Crippen LogP contribution is -2.22. The van der Waals surface area contributed by atoms with Gasteiger partial charge in [-0.2, -0.15) is 0 Å². The van der Waals surface area contributed by atoms with Crippen molar-refractivity contribution in [3.05, 3.63) is 55.8 Å². The first-order valence-corrected chi connectivity index (χ1v) is 6.66. The first-order valence-electron chi connectivity index (χ1n) is 5.85. The van der Waals surface area contributed by atoms with Gasteiger partial charge in [-0.15, -0.1) is 11.3 Å². The largest absolute Gasteiger partial charge is 0.393 e. The number of anilines is 1. The molecule has 0 atom stereocenters. The molecule has 104 valence electrons. The molecule has 0 bridgehead atoms. The Morgan fingerprint density at radius 3 is 2.75 bits per heavy atom. The maximum Gasteiger partial charge on any atom is 0.292 e. The van der Waals surface area contributed by atoms with Crippen molar-refractivity contribution in [2.24, 2.45) is 0 Å². The molecular weight excluding hydrogens is 278 g/mol. The monoisotopic (exact) mass is 291 g/mol. The average Bonchev–Trinajstić information content (AvgIpc) is 2.82. The van der Waals surface area contributed by atoms with E-state index in [-0.39, 0.29) is 22.8 Å². The van der Waals surface area contributed by atoms with Crippen LogP contribution in [-0.2, 0) is 6.54 Å². The second kappa shape index (κ2) is 5.70. The fourth-order valence-electron chi connectivity index (χ4n) is 1.69. The molecule has 0 fully saturated rings. The maximum atomic E-state index is 11.9. The summed E-state index contributed by atoms with van der Waals surface area (Å²) in [4.78, 5) is 24.3. The van der Waals surface area contributed by atoms with Gasteiger partial charge in [0.15, 0.2) is 0 Å². The number of carbonyl (C=O) groups is 1. The first-order chi connectivity index (χ1) is 9.47. The Balaban J connectivity index is 2.09. The molecule has 1 aromatic carbocycles. The second-order valence-corrected chi connectivity index (χ2v) is 5.60.